The van der Waals surface area contributed by atoms with E-state index in [1.54, 1.807) is 37.6 Å². The van der Waals surface area contributed by atoms with E-state index in [2.05, 4.69) is 23.6 Å². The Morgan fingerprint density at radius 1 is 1.08 bits per heavy atom. The van der Waals surface area contributed by atoms with Gasteiger partial charge in [0, 0.05) is 29.2 Å². The van der Waals surface area contributed by atoms with Crippen molar-refractivity contribution in [1.29, 1.82) is 0 Å². The second-order valence-electron chi connectivity index (χ2n) is 5.83. The first-order valence-corrected chi connectivity index (χ1v) is 8.21. The summed E-state index contributed by atoms with van der Waals surface area (Å²) in [5, 5.41) is 6.36. The first-order valence-electron chi connectivity index (χ1n) is 8.21. The van der Waals surface area contributed by atoms with Crippen molar-refractivity contribution in [2.75, 3.05) is 12.4 Å². The molecule has 0 fully saturated rings. The molecule has 2 N–H and O–H groups in total. The molecule has 0 spiro atoms. The van der Waals surface area contributed by atoms with E-state index in [0.717, 1.165) is 23.0 Å². The minimum absolute atomic E-state index is 0.130. The van der Waals surface area contributed by atoms with Crippen LogP contribution >= 0.6 is 0 Å². The molecule has 0 bridgehead atoms. The summed E-state index contributed by atoms with van der Waals surface area (Å²) in [6.45, 7) is 2.09. The molecule has 2 aromatic carbocycles. The number of carbonyl (C=O) groups excluding carboxylic acids is 2. The number of carbonyl (C=O) groups is 2. The third kappa shape index (κ3) is 3.71. The van der Waals surface area contributed by atoms with Crippen LogP contribution in [0.4, 0.5) is 5.69 Å². The molecule has 2 amide bonds. The Balaban J connectivity index is 1.69. The van der Waals surface area contributed by atoms with E-state index in [1.807, 2.05) is 12.1 Å². The maximum absolute atomic E-state index is 12.3. The van der Waals surface area contributed by atoms with Gasteiger partial charge in [0.2, 0.25) is 5.91 Å². The number of hydrogen-bond acceptors (Lipinski definition) is 3. The number of fused-ring (bicyclic) bond motifs is 1. The van der Waals surface area contributed by atoms with Crippen molar-refractivity contribution >= 4 is 28.5 Å². The van der Waals surface area contributed by atoms with Gasteiger partial charge in [-0.2, -0.15) is 0 Å². The summed E-state index contributed by atoms with van der Waals surface area (Å²) in [4.78, 5) is 23.8. The predicted molar refractivity (Wildman–Crippen MR) is 97.8 cm³/mol. The molecule has 5 heteroatoms. The van der Waals surface area contributed by atoms with Gasteiger partial charge in [0.05, 0.1) is 12.7 Å². The van der Waals surface area contributed by atoms with E-state index in [0.29, 0.717) is 11.3 Å². The Bertz CT molecular complexity index is 910. The van der Waals surface area contributed by atoms with Gasteiger partial charge in [-0.05, 0) is 42.3 Å². The van der Waals surface area contributed by atoms with Crippen LogP contribution in [-0.2, 0) is 17.6 Å². The van der Waals surface area contributed by atoms with Crippen molar-refractivity contribution in [3.05, 3.63) is 65.4 Å². The van der Waals surface area contributed by atoms with Crippen LogP contribution in [0, 0.1) is 0 Å². The van der Waals surface area contributed by atoms with Crippen molar-refractivity contribution in [1.82, 2.24) is 5.32 Å². The monoisotopic (exact) mass is 336 g/mol. The first-order chi connectivity index (χ1) is 12.1. The summed E-state index contributed by atoms with van der Waals surface area (Å²) in [7, 11) is 1.58. The molecule has 0 unspecified atom stereocenters. The molecule has 1 heterocycles. The summed E-state index contributed by atoms with van der Waals surface area (Å²) in [5.74, 6) is -0.288. The van der Waals surface area contributed by atoms with Gasteiger partial charge in [-0.25, -0.2) is 0 Å². The molecule has 0 saturated carbocycles. The second kappa shape index (κ2) is 7.21. The van der Waals surface area contributed by atoms with Crippen molar-refractivity contribution in [2.45, 2.75) is 19.8 Å². The van der Waals surface area contributed by atoms with Crippen LogP contribution in [0.2, 0.25) is 0 Å². The smallest absolute Gasteiger partial charge is 0.251 e. The van der Waals surface area contributed by atoms with E-state index in [9.17, 15) is 9.59 Å². The zero-order chi connectivity index (χ0) is 17.8. The Morgan fingerprint density at radius 2 is 1.84 bits per heavy atom. The fourth-order valence-corrected chi connectivity index (χ4v) is 2.71. The van der Waals surface area contributed by atoms with Crippen molar-refractivity contribution < 1.29 is 14.0 Å². The normalized spacial score (nSPS) is 10.6. The molecule has 3 aromatic rings. The maximum atomic E-state index is 12.3. The lowest BCUT2D eigenvalue weighted by molar-refractivity contribution is -0.115. The number of hydrogen-bond donors (Lipinski definition) is 2. The number of aryl methyl sites for hydroxylation is 1. The Labute approximate surface area is 146 Å². The lowest BCUT2D eigenvalue weighted by atomic mass is 10.1. The minimum atomic E-state index is -0.158. The highest BCUT2D eigenvalue weighted by molar-refractivity contribution is 5.97. The zero-order valence-corrected chi connectivity index (χ0v) is 14.3. The van der Waals surface area contributed by atoms with E-state index in [1.165, 1.54) is 5.56 Å². The van der Waals surface area contributed by atoms with Gasteiger partial charge in [-0.3, -0.25) is 9.59 Å². The van der Waals surface area contributed by atoms with Crippen LogP contribution in [0.15, 0.2) is 53.1 Å². The highest BCUT2D eigenvalue weighted by Crippen LogP contribution is 2.23. The first kappa shape index (κ1) is 16.8. The van der Waals surface area contributed by atoms with Gasteiger partial charge in [-0.15, -0.1) is 0 Å². The van der Waals surface area contributed by atoms with Gasteiger partial charge in [0.1, 0.15) is 5.58 Å². The third-order valence-corrected chi connectivity index (χ3v) is 4.14. The zero-order valence-electron chi connectivity index (χ0n) is 14.3. The summed E-state index contributed by atoms with van der Waals surface area (Å²) >= 11 is 0. The molecule has 0 aliphatic heterocycles. The maximum Gasteiger partial charge on any atom is 0.251 e. The quantitative estimate of drug-likeness (QED) is 0.748. The number of benzene rings is 2. The molecule has 3 rings (SSSR count). The SMILES string of the molecule is CCc1ccc2c(CC(=O)Nc3ccc(C(=O)NC)cc3)coc2c1. The molecular weight excluding hydrogens is 316 g/mol. The minimum Gasteiger partial charge on any atom is -0.464 e. The Kier molecular flexibility index (Phi) is 4.84. The standard InChI is InChI=1S/C20H20N2O3/c1-3-13-4-9-17-15(12-25-18(17)10-13)11-19(23)22-16-7-5-14(6-8-16)20(24)21-2/h4-10,12H,3,11H2,1-2H3,(H,21,24)(H,22,23). The lowest BCUT2D eigenvalue weighted by Crippen LogP contribution is -2.18. The molecule has 5 nitrogen and oxygen atoms in total. The molecule has 0 radical (unpaired) electrons. The molecule has 1 aromatic heterocycles. The van der Waals surface area contributed by atoms with E-state index in [4.69, 9.17) is 4.42 Å². The Hall–Kier alpha value is -3.08. The van der Waals surface area contributed by atoms with Crippen LogP contribution in [0.25, 0.3) is 11.0 Å². The van der Waals surface area contributed by atoms with Gasteiger partial charge in [-0.1, -0.05) is 19.1 Å². The fraction of sp³-hybridized carbons (Fsp3) is 0.200. The summed E-state index contributed by atoms with van der Waals surface area (Å²) in [6.07, 6.45) is 2.81. The van der Waals surface area contributed by atoms with Gasteiger partial charge < -0.3 is 15.1 Å². The highest BCUT2D eigenvalue weighted by Gasteiger charge is 2.11. The number of nitrogens with one attached hydrogen (secondary N) is 2. The molecule has 0 saturated heterocycles. The number of furan rings is 1. The topological polar surface area (TPSA) is 71.3 Å². The average Bonchev–Trinajstić information content (AvgIpc) is 3.03. The van der Waals surface area contributed by atoms with Crippen LogP contribution in [0.1, 0.15) is 28.4 Å². The molecule has 0 aliphatic carbocycles. The number of anilines is 1. The van der Waals surface area contributed by atoms with Gasteiger partial charge >= 0.3 is 0 Å². The van der Waals surface area contributed by atoms with Crippen LogP contribution in [-0.4, -0.2) is 18.9 Å². The predicted octanol–water partition coefficient (Wildman–Crippen LogP) is 3.54. The molecular formula is C20H20N2O3. The Morgan fingerprint density at radius 3 is 2.52 bits per heavy atom. The van der Waals surface area contributed by atoms with Crippen LogP contribution in [0.3, 0.4) is 0 Å². The van der Waals surface area contributed by atoms with Gasteiger partial charge in [0.25, 0.3) is 5.91 Å². The fourth-order valence-electron chi connectivity index (χ4n) is 2.71. The third-order valence-electron chi connectivity index (χ3n) is 4.14. The summed E-state index contributed by atoms with van der Waals surface area (Å²) < 4.78 is 5.57. The summed E-state index contributed by atoms with van der Waals surface area (Å²) in [6, 6.07) is 12.8. The molecule has 0 atom stereocenters. The molecule has 128 valence electrons. The molecule has 25 heavy (non-hydrogen) atoms. The molecule has 0 aliphatic rings. The largest absolute Gasteiger partial charge is 0.464 e. The van der Waals surface area contributed by atoms with Crippen LogP contribution < -0.4 is 10.6 Å². The highest BCUT2D eigenvalue weighted by atomic mass is 16.3. The average molecular weight is 336 g/mol. The number of amides is 2. The van der Waals surface area contributed by atoms with E-state index in [-0.39, 0.29) is 18.2 Å². The van der Waals surface area contributed by atoms with E-state index < -0.39 is 0 Å². The number of rotatable bonds is 5. The van der Waals surface area contributed by atoms with Gasteiger partial charge in [0.15, 0.2) is 0 Å². The van der Waals surface area contributed by atoms with E-state index >= 15 is 0 Å². The second-order valence-corrected chi connectivity index (χ2v) is 5.83. The van der Waals surface area contributed by atoms with Crippen molar-refractivity contribution in [3.63, 3.8) is 0 Å². The van der Waals surface area contributed by atoms with Crippen LogP contribution in [0.5, 0.6) is 0 Å². The van der Waals surface area contributed by atoms with Crippen molar-refractivity contribution in [2.24, 2.45) is 0 Å². The summed E-state index contributed by atoms with van der Waals surface area (Å²) in [5.41, 5.74) is 4.06. The van der Waals surface area contributed by atoms with Crippen molar-refractivity contribution in [3.8, 4) is 0 Å². The lowest BCUT2D eigenvalue weighted by Gasteiger charge is -2.06.